The number of nitrogens with one attached hydrogen (secondary N) is 1. The third kappa shape index (κ3) is 2.36. The summed E-state index contributed by atoms with van der Waals surface area (Å²) >= 11 is 0. The van der Waals surface area contributed by atoms with Gasteiger partial charge in [-0.2, -0.15) is 5.10 Å². The van der Waals surface area contributed by atoms with Crippen LogP contribution in [0.1, 0.15) is 45.7 Å². The van der Waals surface area contributed by atoms with Gasteiger partial charge in [0.05, 0.1) is 31.6 Å². The highest BCUT2D eigenvalue weighted by molar-refractivity contribution is 5.99. The van der Waals surface area contributed by atoms with E-state index in [1.165, 1.54) is 29.5 Å². The molecule has 1 aliphatic carbocycles. The quantitative estimate of drug-likeness (QED) is 0.762. The second kappa shape index (κ2) is 5.99. The number of aromatic amines is 1. The predicted molar refractivity (Wildman–Crippen MR) is 97.8 cm³/mol. The van der Waals surface area contributed by atoms with Crippen molar-refractivity contribution in [3.63, 3.8) is 0 Å². The van der Waals surface area contributed by atoms with E-state index in [0.717, 1.165) is 35.2 Å². The zero-order valence-corrected chi connectivity index (χ0v) is 14.7. The van der Waals surface area contributed by atoms with Gasteiger partial charge in [0.2, 0.25) is 0 Å². The van der Waals surface area contributed by atoms with Gasteiger partial charge >= 0.3 is 0 Å². The van der Waals surface area contributed by atoms with Gasteiger partial charge in [0.1, 0.15) is 0 Å². The molecule has 5 rings (SSSR count). The van der Waals surface area contributed by atoms with Crippen LogP contribution in [0.25, 0.3) is 10.9 Å². The number of aliphatic hydroxyl groups excluding tert-OH is 1. The van der Waals surface area contributed by atoms with Gasteiger partial charge in [0, 0.05) is 34.3 Å². The van der Waals surface area contributed by atoms with Gasteiger partial charge in [-0.15, -0.1) is 0 Å². The Kier molecular flexibility index (Phi) is 3.60. The number of aliphatic hydroxyl groups is 1. The predicted octanol–water partition coefficient (Wildman–Crippen LogP) is 2.39. The van der Waals surface area contributed by atoms with Gasteiger partial charge in [-0.05, 0) is 49.4 Å². The molecule has 0 unspecified atom stereocenters. The van der Waals surface area contributed by atoms with Crippen molar-refractivity contribution < 1.29 is 9.90 Å². The van der Waals surface area contributed by atoms with Gasteiger partial charge in [-0.1, -0.05) is 0 Å². The number of carbonyl (C=O) groups is 1. The molecule has 26 heavy (non-hydrogen) atoms. The lowest BCUT2D eigenvalue weighted by Crippen LogP contribution is -2.26. The molecule has 2 aromatic heterocycles. The van der Waals surface area contributed by atoms with Gasteiger partial charge in [-0.3, -0.25) is 9.48 Å². The summed E-state index contributed by atoms with van der Waals surface area (Å²) in [6, 6.07) is 6.02. The van der Waals surface area contributed by atoms with Crippen molar-refractivity contribution in [1.82, 2.24) is 19.7 Å². The maximum absolute atomic E-state index is 13.1. The fourth-order valence-corrected chi connectivity index (χ4v) is 4.36. The number of rotatable bonds is 3. The van der Waals surface area contributed by atoms with Gasteiger partial charge < -0.3 is 15.0 Å². The molecule has 0 spiro atoms. The Morgan fingerprint density at radius 2 is 2.12 bits per heavy atom. The Balaban J connectivity index is 1.44. The lowest BCUT2D eigenvalue weighted by atomic mass is 9.95. The smallest absolute Gasteiger partial charge is 0.254 e. The molecule has 6 nitrogen and oxygen atoms in total. The summed E-state index contributed by atoms with van der Waals surface area (Å²) < 4.78 is 1.80. The van der Waals surface area contributed by atoms with E-state index in [-0.39, 0.29) is 12.5 Å². The highest BCUT2D eigenvalue weighted by Crippen LogP contribution is 2.31. The summed E-state index contributed by atoms with van der Waals surface area (Å²) in [7, 11) is 0. The Bertz CT molecular complexity index is 1000. The Morgan fingerprint density at radius 3 is 3.00 bits per heavy atom. The SMILES string of the molecule is O=C(c1ccc2[nH]c3c(c2c1)CCCC3)N1Cc2cnn(CCO)c2C1. The minimum absolute atomic E-state index is 0.0529. The maximum atomic E-state index is 13.1. The first-order chi connectivity index (χ1) is 12.7. The molecule has 3 heterocycles. The molecule has 0 atom stereocenters. The van der Waals surface area contributed by atoms with Crippen molar-refractivity contribution in [3.8, 4) is 0 Å². The van der Waals surface area contributed by atoms with E-state index in [0.29, 0.717) is 19.6 Å². The van der Waals surface area contributed by atoms with Crippen LogP contribution in [0.3, 0.4) is 0 Å². The molecule has 2 aliphatic rings. The Morgan fingerprint density at radius 1 is 1.23 bits per heavy atom. The lowest BCUT2D eigenvalue weighted by molar-refractivity contribution is 0.0748. The van der Waals surface area contributed by atoms with Crippen LogP contribution in [0, 0.1) is 0 Å². The third-order valence-electron chi connectivity index (χ3n) is 5.68. The summed E-state index contributed by atoms with van der Waals surface area (Å²) in [5.74, 6) is 0.0596. The molecule has 0 radical (unpaired) electrons. The first-order valence-electron chi connectivity index (χ1n) is 9.32. The second-order valence-corrected chi connectivity index (χ2v) is 7.27. The number of H-pyrrole nitrogens is 1. The van der Waals surface area contributed by atoms with E-state index >= 15 is 0 Å². The zero-order chi connectivity index (χ0) is 17.7. The standard InChI is InChI=1S/C20H22N4O2/c25-8-7-24-19-12-23(11-14(19)10-21-24)20(26)13-5-6-18-16(9-13)15-3-1-2-4-17(15)22-18/h5-6,9-10,22,25H,1-4,7-8,11-12H2. The lowest BCUT2D eigenvalue weighted by Gasteiger charge is -2.16. The van der Waals surface area contributed by atoms with Crippen LogP contribution in [-0.2, 0) is 32.5 Å². The van der Waals surface area contributed by atoms with Crippen LogP contribution < -0.4 is 0 Å². The first-order valence-corrected chi connectivity index (χ1v) is 9.32. The Hall–Kier alpha value is -2.60. The van der Waals surface area contributed by atoms with Crippen molar-refractivity contribution in [2.24, 2.45) is 0 Å². The minimum atomic E-state index is 0.0529. The molecular formula is C20H22N4O2. The summed E-state index contributed by atoms with van der Waals surface area (Å²) in [6.45, 7) is 1.66. The average molecular weight is 350 g/mol. The Labute approximate surface area is 151 Å². The van der Waals surface area contributed by atoms with Gasteiger partial charge in [-0.25, -0.2) is 0 Å². The molecule has 0 saturated heterocycles. The van der Waals surface area contributed by atoms with Crippen molar-refractivity contribution in [1.29, 1.82) is 0 Å². The van der Waals surface area contributed by atoms with Crippen LogP contribution in [0.2, 0.25) is 0 Å². The number of fused-ring (bicyclic) bond motifs is 4. The number of aromatic nitrogens is 3. The van der Waals surface area contributed by atoms with Gasteiger partial charge in [0.25, 0.3) is 5.91 Å². The molecule has 0 bridgehead atoms. The van der Waals surface area contributed by atoms with Crippen LogP contribution in [0.5, 0.6) is 0 Å². The molecule has 0 saturated carbocycles. The van der Waals surface area contributed by atoms with Crippen LogP contribution in [-0.4, -0.2) is 37.3 Å². The van der Waals surface area contributed by atoms with E-state index < -0.39 is 0 Å². The van der Waals surface area contributed by atoms with Crippen LogP contribution in [0.15, 0.2) is 24.4 Å². The van der Waals surface area contributed by atoms with Crippen molar-refractivity contribution in [2.75, 3.05) is 6.61 Å². The summed E-state index contributed by atoms with van der Waals surface area (Å²) in [5, 5.41) is 14.6. The number of aryl methyl sites for hydroxylation is 2. The summed E-state index contributed by atoms with van der Waals surface area (Å²) in [5.41, 5.74) is 6.73. The fraction of sp³-hybridized carbons (Fsp3) is 0.400. The van der Waals surface area contributed by atoms with Crippen molar-refractivity contribution in [2.45, 2.75) is 45.3 Å². The molecule has 6 heteroatoms. The maximum Gasteiger partial charge on any atom is 0.254 e. The fourth-order valence-electron chi connectivity index (χ4n) is 4.36. The third-order valence-corrected chi connectivity index (χ3v) is 5.68. The largest absolute Gasteiger partial charge is 0.394 e. The molecule has 1 aliphatic heterocycles. The molecule has 134 valence electrons. The second-order valence-electron chi connectivity index (χ2n) is 7.27. The number of hydrogen-bond acceptors (Lipinski definition) is 3. The van der Waals surface area contributed by atoms with E-state index in [1.807, 2.05) is 23.2 Å². The summed E-state index contributed by atoms with van der Waals surface area (Å²) in [4.78, 5) is 18.4. The molecule has 1 amide bonds. The monoisotopic (exact) mass is 350 g/mol. The minimum Gasteiger partial charge on any atom is -0.394 e. The summed E-state index contributed by atoms with van der Waals surface area (Å²) in [6.07, 6.45) is 6.47. The zero-order valence-electron chi connectivity index (χ0n) is 14.7. The molecular weight excluding hydrogens is 328 g/mol. The highest BCUT2D eigenvalue weighted by Gasteiger charge is 2.28. The molecule has 3 aromatic rings. The van der Waals surface area contributed by atoms with Crippen molar-refractivity contribution in [3.05, 3.63) is 52.5 Å². The number of hydrogen-bond donors (Lipinski definition) is 2. The van der Waals surface area contributed by atoms with Crippen LogP contribution in [0.4, 0.5) is 0 Å². The molecule has 0 fully saturated rings. The van der Waals surface area contributed by atoms with E-state index in [9.17, 15) is 4.79 Å². The first kappa shape index (κ1) is 15.6. The van der Waals surface area contributed by atoms with Crippen LogP contribution >= 0.6 is 0 Å². The number of nitrogens with zero attached hydrogens (tertiary/aromatic N) is 3. The van der Waals surface area contributed by atoms with Gasteiger partial charge in [0.15, 0.2) is 0 Å². The molecule has 2 N–H and O–H groups in total. The normalized spacial score (nSPS) is 16.1. The highest BCUT2D eigenvalue weighted by atomic mass is 16.3. The van der Waals surface area contributed by atoms with Crippen molar-refractivity contribution >= 4 is 16.8 Å². The van der Waals surface area contributed by atoms with E-state index in [1.54, 1.807) is 4.68 Å². The number of carbonyl (C=O) groups excluding carboxylic acids is 1. The topological polar surface area (TPSA) is 74.2 Å². The average Bonchev–Trinajstić information content (AvgIpc) is 3.34. The number of benzene rings is 1. The number of amides is 1. The van der Waals surface area contributed by atoms with E-state index in [4.69, 9.17) is 5.11 Å². The van der Waals surface area contributed by atoms with E-state index in [2.05, 4.69) is 16.1 Å². The molecule has 1 aromatic carbocycles.